The van der Waals surface area contributed by atoms with Crippen LogP contribution in [0.15, 0.2) is 58.2 Å². The van der Waals surface area contributed by atoms with Crippen LogP contribution in [-0.4, -0.2) is 26.8 Å². The topological polar surface area (TPSA) is 85.5 Å². The highest BCUT2D eigenvalue weighted by Crippen LogP contribution is 2.20. The summed E-state index contributed by atoms with van der Waals surface area (Å²) in [6, 6.07) is 13.8. The third-order valence-electron chi connectivity index (χ3n) is 3.32. The second-order valence-corrected chi connectivity index (χ2v) is 6.25. The summed E-state index contributed by atoms with van der Waals surface area (Å²) in [7, 11) is 0. The Morgan fingerprint density at radius 3 is 2.76 bits per heavy atom. The molecular formula is C18H16N2O4S. The van der Waals surface area contributed by atoms with Crippen LogP contribution < -0.4 is 4.74 Å². The highest BCUT2D eigenvalue weighted by molar-refractivity contribution is 7.99. The van der Waals surface area contributed by atoms with E-state index in [0.717, 1.165) is 23.1 Å². The number of aromatic hydroxyl groups is 1. The summed E-state index contributed by atoms with van der Waals surface area (Å²) in [6.07, 6.45) is 0. The summed E-state index contributed by atoms with van der Waals surface area (Å²) in [5, 5.41) is 17.4. The number of benzene rings is 2. The first kappa shape index (κ1) is 17.0. The molecule has 128 valence electrons. The van der Waals surface area contributed by atoms with E-state index in [1.54, 1.807) is 12.1 Å². The van der Waals surface area contributed by atoms with E-state index in [4.69, 9.17) is 9.15 Å². The van der Waals surface area contributed by atoms with Gasteiger partial charge in [-0.2, -0.15) is 0 Å². The van der Waals surface area contributed by atoms with Crippen molar-refractivity contribution in [1.29, 1.82) is 0 Å². The van der Waals surface area contributed by atoms with E-state index in [1.165, 1.54) is 12.1 Å². The first-order valence-electron chi connectivity index (χ1n) is 7.57. The van der Waals surface area contributed by atoms with Crippen LogP contribution in [0.1, 0.15) is 21.8 Å². The molecule has 0 fully saturated rings. The molecule has 0 radical (unpaired) electrons. The van der Waals surface area contributed by atoms with Gasteiger partial charge in [0.25, 0.3) is 11.1 Å². The van der Waals surface area contributed by atoms with Crippen LogP contribution in [-0.2, 0) is 6.61 Å². The number of rotatable bonds is 7. The molecule has 0 aliphatic rings. The van der Waals surface area contributed by atoms with Gasteiger partial charge in [-0.25, -0.2) is 0 Å². The van der Waals surface area contributed by atoms with Crippen LogP contribution in [0, 0.1) is 6.92 Å². The number of ketones is 1. The van der Waals surface area contributed by atoms with Crippen molar-refractivity contribution in [2.75, 3.05) is 5.75 Å². The molecule has 0 saturated carbocycles. The SMILES string of the molecule is Cc1cccc(OCc2nnc(SCC(=O)c3ccc(O)cc3)o2)c1. The van der Waals surface area contributed by atoms with Crippen molar-refractivity contribution in [2.24, 2.45) is 0 Å². The molecule has 3 rings (SSSR count). The second kappa shape index (κ2) is 7.85. The number of hydrogen-bond donors (Lipinski definition) is 1. The summed E-state index contributed by atoms with van der Waals surface area (Å²) in [5.41, 5.74) is 1.62. The minimum absolute atomic E-state index is 0.0826. The lowest BCUT2D eigenvalue weighted by Crippen LogP contribution is -2.01. The summed E-state index contributed by atoms with van der Waals surface area (Å²) in [5.74, 6) is 1.29. The highest BCUT2D eigenvalue weighted by Gasteiger charge is 2.12. The average molecular weight is 356 g/mol. The number of carbonyl (C=O) groups excluding carboxylic acids is 1. The summed E-state index contributed by atoms with van der Waals surface area (Å²) in [6.45, 7) is 2.16. The molecule has 25 heavy (non-hydrogen) atoms. The van der Waals surface area contributed by atoms with Crippen molar-refractivity contribution < 1.29 is 19.1 Å². The molecule has 2 aromatic carbocycles. The van der Waals surface area contributed by atoms with Crippen molar-refractivity contribution in [3.05, 3.63) is 65.5 Å². The van der Waals surface area contributed by atoms with Crippen LogP contribution in [0.2, 0.25) is 0 Å². The lowest BCUT2D eigenvalue weighted by atomic mass is 10.1. The van der Waals surface area contributed by atoms with E-state index in [9.17, 15) is 9.90 Å². The smallest absolute Gasteiger partial charge is 0.277 e. The molecule has 0 unspecified atom stereocenters. The van der Waals surface area contributed by atoms with Crippen molar-refractivity contribution in [3.63, 3.8) is 0 Å². The Labute approximate surface area is 148 Å². The van der Waals surface area contributed by atoms with Crippen molar-refractivity contribution >= 4 is 17.5 Å². The molecule has 0 aliphatic carbocycles. The Balaban J connectivity index is 1.51. The molecule has 7 heteroatoms. The molecule has 0 saturated heterocycles. The number of phenols is 1. The zero-order chi connectivity index (χ0) is 17.6. The number of Topliss-reactive ketones (excluding diaryl/α,β-unsaturated/α-hetero) is 1. The van der Waals surface area contributed by atoms with Crippen LogP contribution in [0.3, 0.4) is 0 Å². The van der Waals surface area contributed by atoms with Gasteiger partial charge in [0.15, 0.2) is 12.4 Å². The number of thioether (sulfide) groups is 1. The van der Waals surface area contributed by atoms with E-state index in [-0.39, 0.29) is 23.9 Å². The van der Waals surface area contributed by atoms with Gasteiger partial charge in [0.1, 0.15) is 11.5 Å². The first-order valence-corrected chi connectivity index (χ1v) is 8.55. The quantitative estimate of drug-likeness (QED) is 0.511. The minimum atomic E-state index is -0.0826. The number of aryl methyl sites for hydroxylation is 1. The van der Waals surface area contributed by atoms with Gasteiger partial charge in [0.2, 0.25) is 0 Å². The Hall–Kier alpha value is -2.80. The van der Waals surface area contributed by atoms with Gasteiger partial charge in [0.05, 0.1) is 5.75 Å². The largest absolute Gasteiger partial charge is 0.508 e. The third-order valence-corrected chi connectivity index (χ3v) is 4.13. The fraction of sp³-hybridized carbons (Fsp3) is 0.167. The number of ether oxygens (including phenoxy) is 1. The van der Waals surface area contributed by atoms with Crippen LogP contribution in [0.4, 0.5) is 0 Å². The molecule has 0 spiro atoms. The van der Waals surface area contributed by atoms with Crippen LogP contribution in [0.25, 0.3) is 0 Å². The molecule has 0 amide bonds. The summed E-state index contributed by atoms with van der Waals surface area (Å²) < 4.78 is 11.1. The Kier molecular flexibility index (Phi) is 5.35. The van der Waals surface area contributed by atoms with Gasteiger partial charge < -0.3 is 14.3 Å². The van der Waals surface area contributed by atoms with Gasteiger partial charge in [-0.3, -0.25) is 4.79 Å². The predicted octanol–water partition coefficient (Wildman–Crippen LogP) is 3.64. The second-order valence-electron chi connectivity index (χ2n) is 5.33. The molecule has 6 nitrogen and oxygen atoms in total. The van der Waals surface area contributed by atoms with Crippen LogP contribution in [0.5, 0.6) is 11.5 Å². The van der Waals surface area contributed by atoms with E-state index >= 15 is 0 Å². The van der Waals surface area contributed by atoms with E-state index in [0.29, 0.717) is 16.7 Å². The van der Waals surface area contributed by atoms with Gasteiger partial charge in [0, 0.05) is 5.56 Å². The minimum Gasteiger partial charge on any atom is -0.508 e. The molecule has 0 aliphatic heterocycles. The lowest BCUT2D eigenvalue weighted by molar-refractivity contribution is 0.102. The zero-order valence-corrected chi connectivity index (χ0v) is 14.3. The monoisotopic (exact) mass is 356 g/mol. The molecule has 1 N–H and O–H groups in total. The number of aromatic nitrogens is 2. The van der Waals surface area contributed by atoms with Crippen molar-refractivity contribution in [2.45, 2.75) is 18.8 Å². The van der Waals surface area contributed by atoms with Crippen LogP contribution >= 0.6 is 11.8 Å². The van der Waals surface area contributed by atoms with Crippen molar-refractivity contribution in [3.8, 4) is 11.5 Å². The maximum Gasteiger partial charge on any atom is 0.277 e. The van der Waals surface area contributed by atoms with E-state index in [2.05, 4.69) is 10.2 Å². The Morgan fingerprint density at radius 1 is 1.20 bits per heavy atom. The van der Waals surface area contributed by atoms with E-state index in [1.807, 2.05) is 31.2 Å². The first-order chi connectivity index (χ1) is 12.1. The Morgan fingerprint density at radius 2 is 2.00 bits per heavy atom. The molecule has 3 aromatic rings. The molecule has 1 aromatic heterocycles. The summed E-state index contributed by atoms with van der Waals surface area (Å²) >= 11 is 1.16. The standard InChI is InChI=1S/C18H16N2O4S/c1-12-3-2-4-15(9-12)23-10-17-19-20-18(24-17)25-11-16(22)13-5-7-14(21)8-6-13/h2-9,21H,10-11H2,1H3. The molecule has 0 atom stereocenters. The highest BCUT2D eigenvalue weighted by atomic mass is 32.2. The van der Waals surface area contributed by atoms with Crippen molar-refractivity contribution in [1.82, 2.24) is 10.2 Å². The normalized spacial score (nSPS) is 10.6. The predicted molar refractivity (Wildman–Crippen MR) is 93.0 cm³/mol. The number of nitrogens with zero attached hydrogens (tertiary/aromatic N) is 2. The fourth-order valence-electron chi connectivity index (χ4n) is 2.06. The maximum absolute atomic E-state index is 12.1. The third kappa shape index (κ3) is 4.84. The zero-order valence-electron chi connectivity index (χ0n) is 13.5. The number of phenolic OH excluding ortho intramolecular Hbond substituents is 1. The maximum atomic E-state index is 12.1. The molecule has 0 bridgehead atoms. The van der Waals surface area contributed by atoms with Gasteiger partial charge >= 0.3 is 0 Å². The molecule has 1 heterocycles. The Bertz CT molecular complexity index is 862. The lowest BCUT2D eigenvalue weighted by Gasteiger charge is -2.03. The van der Waals surface area contributed by atoms with Gasteiger partial charge in [-0.1, -0.05) is 23.9 Å². The average Bonchev–Trinajstić information content (AvgIpc) is 3.06. The summed E-state index contributed by atoms with van der Waals surface area (Å²) in [4.78, 5) is 12.1. The van der Waals surface area contributed by atoms with Gasteiger partial charge in [-0.15, -0.1) is 10.2 Å². The van der Waals surface area contributed by atoms with E-state index < -0.39 is 0 Å². The molecular weight excluding hydrogens is 340 g/mol. The fourth-order valence-corrected chi connectivity index (χ4v) is 2.74. The van der Waals surface area contributed by atoms with Gasteiger partial charge in [-0.05, 0) is 48.9 Å². The number of hydrogen-bond acceptors (Lipinski definition) is 7. The number of carbonyl (C=O) groups is 1.